The minimum absolute atomic E-state index is 0.0618. The third-order valence-electron chi connectivity index (χ3n) is 5.37. The largest absolute Gasteiger partial charge is 0.467 e. The van der Waals surface area contributed by atoms with Gasteiger partial charge in [0.25, 0.3) is 10.0 Å². The van der Waals surface area contributed by atoms with Crippen LogP contribution in [-0.4, -0.2) is 54.7 Å². The van der Waals surface area contributed by atoms with Gasteiger partial charge in [-0.2, -0.15) is 0 Å². The lowest BCUT2D eigenvalue weighted by molar-refractivity contribution is 0.408. The Morgan fingerprint density at radius 1 is 1.16 bits per heavy atom. The zero-order valence-electron chi connectivity index (χ0n) is 17.9. The highest BCUT2D eigenvalue weighted by atomic mass is 32.2. The zero-order valence-corrected chi connectivity index (χ0v) is 19.5. The van der Waals surface area contributed by atoms with Crippen molar-refractivity contribution in [2.75, 3.05) is 32.1 Å². The van der Waals surface area contributed by atoms with E-state index in [4.69, 9.17) is 8.83 Å². The first-order chi connectivity index (χ1) is 14.8. The molecule has 0 aromatic carbocycles. The molecule has 1 aliphatic heterocycles. The molecular weight excluding hydrogens is 438 g/mol. The number of hydrogen-bond acceptors (Lipinski definition) is 8. The van der Waals surface area contributed by atoms with Gasteiger partial charge in [0.2, 0.25) is 11.0 Å². The van der Waals surface area contributed by atoms with Gasteiger partial charge in [-0.15, -0.1) is 10.2 Å². The average Bonchev–Trinajstić information content (AvgIpc) is 3.49. The van der Waals surface area contributed by atoms with Crippen LogP contribution < -0.4 is 4.90 Å². The van der Waals surface area contributed by atoms with Crippen molar-refractivity contribution in [1.82, 2.24) is 19.1 Å². The van der Waals surface area contributed by atoms with Crippen LogP contribution in [0.15, 0.2) is 49.6 Å². The van der Waals surface area contributed by atoms with Gasteiger partial charge in [0.1, 0.15) is 11.5 Å². The summed E-state index contributed by atoms with van der Waals surface area (Å²) in [4.78, 5) is 2.27. The fourth-order valence-electron chi connectivity index (χ4n) is 3.42. The smallest absolute Gasteiger partial charge is 0.275 e. The Kier molecular flexibility index (Phi) is 6.44. The number of aromatic nitrogens is 3. The summed E-state index contributed by atoms with van der Waals surface area (Å²) in [5.74, 6) is 3.38. The van der Waals surface area contributed by atoms with Crippen LogP contribution in [0.4, 0.5) is 5.95 Å². The summed E-state index contributed by atoms with van der Waals surface area (Å²) in [5, 5.41) is 9.56. The SMILES string of the molecule is CC1CCN(c2nnc(SCc3ccc(S(=O)(=O)N(C)C)o3)n2Cc2ccco2)CC1. The molecular formula is C20H27N5O4S2. The summed E-state index contributed by atoms with van der Waals surface area (Å²) in [7, 11) is -0.634. The number of sulfonamides is 1. The summed E-state index contributed by atoms with van der Waals surface area (Å²) in [5.41, 5.74) is 0. The van der Waals surface area contributed by atoms with Crippen molar-refractivity contribution in [3.8, 4) is 0 Å². The molecule has 1 fully saturated rings. The minimum Gasteiger partial charge on any atom is -0.467 e. The summed E-state index contributed by atoms with van der Waals surface area (Å²) in [6.45, 7) is 4.71. The van der Waals surface area contributed by atoms with Crippen molar-refractivity contribution >= 4 is 27.7 Å². The van der Waals surface area contributed by atoms with E-state index in [2.05, 4.69) is 26.6 Å². The average molecular weight is 466 g/mol. The maximum atomic E-state index is 12.2. The summed E-state index contributed by atoms with van der Waals surface area (Å²) in [6, 6.07) is 6.97. The second-order valence-corrected chi connectivity index (χ2v) is 10.9. The molecule has 0 atom stereocenters. The third-order valence-corrected chi connectivity index (χ3v) is 8.05. The molecule has 31 heavy (non-hydrogen) atoms. The molecule has 4 heterocycles. The predicted octanol–water partition coefficient (Wildman–Crippen LogP) is 3.29. The highest BCUT2D eigenvalue weighted by Gasteiger charge is 2.24. The first kappa shape index (κ1) is 22.0. The molecule has 0 saturated carbocycles. The van der Waals surface area contributed by atoms with E-state index in [9.17, 15) is 8.42 Å². The number of nitrogens with zero attached hydrogens (tertiary/aromatic N) is 5. The molecule has 0 spiro atoms. The van der Waals surface area contributed by atoms with E-state index in [1.165, 1.54) is 31.9 Å². The molecule has 0 unspecified atom stereocenters. The van der Waals surface area contributed by atoms with E-state index in [1.807, 2.05) is 12.1 Å². The van der Waals surface area contributed by atoms with E-state index >= 15 is 0 Å². The standard InChI is InChI=1S/C20H27N5O4S2/c1-15-8-10-24(11-9-15)19-21-22-20(25(19)13-16-5-4-12-28-16)30-14-17-6-7-18(29-17)31(26,27)23(2)3/h4-7,12,15H,8-11,13-14H2,1-3H3. The fourth-order valence-corrected chi connectivity index (χ4v) is 5.06. The number of hydrogen-bond donors (Lipinski definition) is 0. The predicted molar refractivity (Wildman–Crippen MR) is 118 cm³/mol. The van der Waals surface area contributed by atoms with Crippen LogP contribution in [-0.2, 0) is 22.3 Å². The highest BCUT2D eigenvalue weighted by Crippen LogP contribution is 2.29. The fraction of sp³-hybridized carbons (Fsp3) is 0.500. The number of anilines is 1. The first-order valence-electron chi connectivity index (χ1n) is 10.2. The topological polar surface area (TPSA) is 97.6 Å². The second kappa shape index (κ2) is 9.09. The van der Waals surface area contributed by atoms with Gasteiger partial charge in [0.15, 0.2) is 5.16 Å². The van der Waals surface area contributed by atoms with E-state index in [0.717, 1.165) is 53.0 Å². The number of furan rings is 2. The molecule has 168 valence electrons. The van der Waals surface area contributed by atoms with Gasteiger partial charge in [-0.1, -0.05) is 18.7 Å². The molecule has 3 aromatic rings. The van der Waals surface area contributed by atoms with Crippen molar-refractivity contribution in [2.24, 2.45) is 5.92 Å². The molecule has 4 rings (SSSR count). The lowest BCUT2D eigenvalue weighted by Gasteiger charge is -2.31. The monoisotopic (exact) mass is 465 g/mol. The molecule has 1 saturated heterocycles. The maximum Gasteiger partial charge on any atom is 0.275 e. The molecule has 0 amide bonds. The summed E-state index contributed by atoms with van der Waals surface area (Å²) < 4.78 is 38.8. The van der Waals surface area contributed by atoms with Gasteiger partial charge < -0.3 is 13.7 Å². The molecule has 1 aliphatic rings. The molecule has 0 N–H and O–H groups in total. The zero-order chi connectivity index (χ0) is 22.0. The molecule has 0 bridgehead atoms. The number of thioether (sulfide) groups is 1. The van der Waals surface area contributed by atoms with Crippen LogP contribution in [0.1, 0.15) is 31.3 Å². The van der Waals surface area contributed by atoms with Gasteiger partial charge >= 0.3 is 0 Å². The lowest BCUT2D eigenvalue weighted by Crippen LogP contribution is -2.35. The van der Waals surface area contributed by atoms with Crippen LogP contribution in [0.25, 0.3) is 0 Å². The molecule has 11 heteroatoms. The van der Waals surface area contributed by atoms with E-state index in [0.29, 0.717) is 18.1 Å². The quantitative estimate of drug-likeness (QED) is 0.468. The van der Waals surface area contributed by atoms with Gasteiger partial charge in [0.05, 0.1) is 18.6 Å². The van der Waals surface area contributed by atoms with Crippen molar-refractivity contribution in [3.63, 3.8) is 0 Å². The molecule has 9 nitrogen and oxygen atoms in total. The Morgan fingerprint density at radius 3 is 2.61 bits per heavy atom. The summed E-state index contributed by atoms with van der Waals surface area (Å²) in [6.07, 6.45) is 3.92. The van der Waals surface area contributed by atoms with Gasteiger partial charge in [-0.05, 0) is 43.0 Å². The van der Waals surface area contributed by atoms with Crippen molar-refractivity contribution in [1.29, 1.82) is 0 Å². The van der Waals surface area contributed by atoms with E-state index in [-0.39, 0.29) is 5.09 Å². The van der Waals surface area contributed by atoms with Crippen LogP contribution in [0, 0.1) is 5.92 Å². The Labute approximate surface area is 186 Å². The molecule has 3 aromatic heterocycles. The minimum atomic E-state index is -3.59. The van der Waals surface area contributed by atoms with Gasteiger partial charge in [-0.25, -0.2) is 12.7 Å². The number of rotatable bonds is 8. The van der Waals surface area contributed by atoms with Crippen molar-refractivity contribution in [3.05, 3.63) is 42.0 Å². The second-order valence-electron chi connectivity index (χ2n) is 7.91. The Morgan fingerprint density at radius 2 is 1.94 bits per heavy atom. The van der Waals surface area contributed by atoms with Gasteiger partial charge in [-0.3, -0.25) is 4.57 Å². The first-order valence-corrected chi connectivity index (χ1v) is 12.6. The third kappa shape index (κ3) is 4.83. The van der Waals surface area contributed by atoms with E-state index < -0.39 is 10.0 Å². The Bertz CT molecular complexity index is 1100. The van der Waals surface area contributed by atoms with Crippen LogP contribution >= 0.6 is 11.8 Å². The maximum absolute atomic E-state index is 12.2. The van der Waals surface area contributed by atoms with E-state index in [1.54, 1.807) is 12.3 Å². The van der Waals surface area contributed by atoms with Gasteiger partial charge in [0, 0.05) is 27.2 Å². The van der Waals surface area contributed by atoms with Crippen molar-refractivity contribution < 1.29 is 17.3 Å². The van der Waals surface area contributed by atoms with Crippen molar-refractivity contribution in [2.45, 2.75) is 42.3 Å². The van der Waals surface area contributed by atoms with Crippen LogP contribution in [0.2, 0.25) is 0 Å². The lowest BCUT2D eigenvalue weighted by atomic mass is 10.00. The normalized spacial score (nSPS) is 15.8. The van der Waals surface area contributed by atoms with Crippen LogP contribution in [0.3, 0.4) is 0 Å². The van der Waals surface area contributed by atoms with Crippen LogP contribution in [0.5, 0.6) is 0 Å². The molecule has 0 radical (unpaired) electrons. The Hall–Kier alpha value is -2.24. The highest BCUT2D eigenvalue weighted by molar-refractivity contribution is 7.98. The Balaban J connectivity index is 1.53. The number of piperidine rings is 1. The summed E-state index contributed by atoms with van der Waals surface area (Å²) >= 11 is 1.46. The molecule has 0 aliphatic carbocycles.